The highest BCUT2D eigenvalue weighted by Crippen LogP contribution is 2.13. The van der Waals surface area contributed by atoms with Crippen molar-refractivity contribution in [3.05, 3.63) is 45.9 Å². The summed E-state index contributed by atoms with van der Waals surface area (Å²) in [6.07, 6.45) is 2.96. The molecule has 2 aromatic rings. The molecule has 0 aliphatic rings. The number of pyridine rings is 1. The van der Waals surface area contributed by atoms with E-state index in [-0.39, 0.29) is 5.69 Å². The molecule has 0 spiro atoms. The Morgan fingerprint density at radius 2 is 2.29 bits per heavy atom. The predicted molar refractivity (Wildman–Crippen MR) is 61.5 cm³/mol. The first kappa shape index (κ1) is 11.1. The van der Waals surface area contributed by atoms with Gasteiger partial charge in [0.1, 0.15) is 12.0 Å². The molecule has 17 heavy (non-hydrogen) atoms. The van der Waals surface area contributed by atoms with Crippen LogP contribution in [0.4, 0.5) is 11.5 Å². The van der Waals surface area contributed by atoms with E-state index < -0.39 is 4.92 Å². The predicted octanol–water partition coefficient (Wildman–Crippen LogP) is 1.63. The number of anilines is 1. The molecule has 0 amide bonds. The normalized spacial score (nSPS) is 10.2. The van der Waals surface area contributed by atoms with Crippen LogP contribution in [0.3, 0.4) is 0 Å². The molecule has 0 radical (unpaired) electrons. The van der Waals surface area contributed by atoms with Gasteiger partial charge in [-0.1, -0.05) is 0 Å². The quantitative estimate of drug-likeness (QED) is 0.618. The molecule has 0 saturated carbocycles. The fourth-order valence-electron chi connectivity index (χ4n) is 1.34. The molecule has 0 aliphatic carbocycles. The number of hydrogen-bond donors (Lipinski definition) is 2. The van der Waals surface area contributed by atoms with Crippen molar-refractivity contribution in [3.63, 3.8) is 0 Å². The fraction of sp³-hybridized carbons (Fsp3) is 0.200. The first-order valence-electron chi connectivity index (χ1n) is 5.00. The number of hydrogen-bond acceptors (Lipinski definition) is 5. The van der Waals surface area contributed by atoms with Gasteiger partial charge >= 0.3 is 0 Å². The van der Waals surface area contributed by atoms with E-state index in [0.29, 0.717) is 12.4 Å². The Balaban J connectivity index is 2.00. The minimum atomic E-state index is -0.475. The highest BCUT2D eigenvalue weighted by molar-refractivity contribution is 5.40. The number of aromatic amines is 1. The number of nitrogens with one attached hydrogen (secondary N) is 2. The van der Waals surface area contributed by atoms with E-state index in [4.69, 9.17) is 0 Å². The van der Waals surface area contributed by atoms with Crippen molar-refractivity contribution in [1.82, 2.24) is 15.2 Å². The average Bonchev–Trinajstić information content (AvgIpc) is 2.73. The van der Waals surface area contributed by atoms with E-state index in [1.54, 1.807) is 12.3 Å². The SMILES string of the molecule is Cc1[nH]ncc1CNc1ccc([N+](=O)[O-])cn1. The monoisotopic (exact) mass is 233 g/mol. The first-order chi connectivity index (χ1) is 8.16. The zero-order chi connectivity index (χ0) is 12.3. The Morgan fingerprint density at radius 3 is 2.82 bits per heavy atom. The minimum Gasteiger partial charge on any atom is -0.366 e. The maximum Gasteiger partial charge on any atom is 0.287 e. The van der Waals surface area contributed by atoms with Gasteiger partial charge in [-0.25, -0.2) is 4.98 Å². The van der Waals surface area contributed by atoms with Gasteiger partial charge in [0.05, 0.1) is 11.1 Å². The second kappa shape index (κ2) is 4.60. The van der Waals surface area contributed by atoms with Gasteiger partial charge in [-0.3, -0.25) is 15.2 Å². The van der Waals surface area contributed by atoms with E-state index in [1.807, 2.05) is 6.92 Å². The summed E-state index contributed by atoms with van der Waals surface area (Å²) in [6, 6.07) is 2.99. The third-order valence-corrected chi connectivity index (χ3v) is 2.35. The number of H-pyrrole nitrogens is 1. The standard InChI is InChI=1S/C10H11N5O2/c1-7-8(5-13-14-7)4-11-10-3-2-9(6-12-10)15(16)17/h2-3,5-6H,4H2,1H3,(H,11,12)(H,13,14). The lowest BCUT2D eigenvalue weighted by Gasteiger charge is -2.03. The van der Waals surface area contributed by atoms with Crippen molar-refractivity contribution in [1.29, 1.82) is 0 Å². The summed E-state index contributed by atoms with van der Waals surface area (Å²) in [5.41, 5.74) is 2.00. The summed E-state index contributed by atoms with van der Waals surface area (Å²) in [7, 11) is 0. The number of rotatable bonds is 4. The Hall–Kier alpha value is -2.44. The molecule has 0 aliphatic heterocycles. The second-order valence-electron chi connectivity index (χ2n) is 3.53. The van der Waals surface area contributed by atoms with E-state index in [2.05, 4.69) is 20.5 Å². The summed E-state index contributed by atoms with van der Waals surface area (Å²) < 4.78 is 0. The van der Waals surface area contributed by atoms with Crippen LogP contribution >= 0.6 is 0 Å². The lowest BCUT2D eigenvalue weighted by Crippen LogP contribution is -2.01. The average molecular weight is 233 g/mol. The Bertz CT molecular complexity index is 520. The summed E-state index contributed by atoms with van der Waals surface area (Å²) in [5.74, 6) is 0.594. The fourth-order valence-corrected chi connectivity index (χ4v) is 1.34. The summed E-state index contributed by atoms with van der Waals surface area (Å²) in [5, 5.41) is 20.2. The molecule has 0 saturated heterocycles. The van der Waals surface area contributed by atoms with Crippen LogP contribution in [0.25, 0.3) is 0 Å². The lowest BCUT2D eigenvalue weighted by molar-refractivity contribution is -0.385. The third kappa shape index (κ3) is 2.57. The van der Waals surface area contributed by atoms with Crippen LogP contribution in [0.1, 0.15) is 11.3 Å². The van der Waals surface area contributed by atoms with E-state index in [0.717, 1.165) is 11.3 Å². The molecule has 0 atom stereocenters. The summed E-state index contributed by atoms with van der Waals surface area (Å²) >= 11 is 0. The van der Waals surface area contributed by atoms with E-state index in [1.165, 1.54) is 12.3 Å². The summed E-state index contributed by atoms with van der Waals surface area (Å²) in [6.45, 7) is 2.50. The molecule has 0 aromatic carbocycles. The molecule has 0 bridgehead atoms. The van der Waals surface area contributed by atoms with Gasteiger partial charge in [0, 0.05) is 23.9 Å². The van der Waals surface area contributed by atoms with E-state index >= 15 is 0 Å². The van der Waals surface area contributed by atoms with Crippen molar-refractivity contribution in [2.75, 3.05) is 5.32 Å². The van der Waals surface area contributed by atoms with Crippen LogP contribution in [-0.4, -0.2) is 20.1 Å². The zero-order valence-electron chi connectivity index (χ0n) is 9.17. The summed E-state index contributed by atoms with van der Waals surface area (Å²) in [4.78, 5) is 13.9. The van der Waals surface area contributed by atoms with Crippen LogP contribution < -0.4 is 5.32 Å². The van der Waals surface area contributed by atoms with Gasteiger partial charge < -0.3 is 5.32 Å². The van der Waals surface area contributed by atoms with Crippen LogP contribution in [0.5, 0.6) is 0 Å². The zero-order valence-corrected chi connectivity index (χ0v) is 9.17. The smallest absolute Gasteiger partial charge is 0.287 e. The number of aromatic nitrogens is 3. The molecule has 2 N–H and O–H groups in total. The van der Waals surface area contributed by atoms with E-state index in [9.17, 15) is 10.1 Å². The molecule has 0 unspecified atom stereocenters. The lowest BCUT2D eigenvalue weighted by atomic mass is 10.2. The Kier molecular flexibility index (Phi) is 2.99. The van der Waals surface area contributed by atoms with Crippen molar-refractivity contribution in [2.45, 2.75) is 13.5 Å². The molecule has 7 nitrogen and oxygen atoms in total. The number of nitro groups is 1. The van der Waals surface area contributed by atoms with Gasteiger partial charge in [0.2, 0.25) is 0 Å². The second-order valence-corrected chi connectivity index (χ2v) is 3.53. The van der Waals surface area contributed by atoms with Gasteiger partial charge in [-0.15, -0.1) is 0 Å². The maximum absolute atomic E-state index is 10.4. The maximum atomic E-state index is 10.4. The van der Waals surface area contributed by atoms with Gasteiger partial charge in [0.25, 0.3) is 5.69 Å². The van der Waals surface area contributed by atoms with Gasteiger partial charge in [-0.2, -0.15) is 5.10 Å². The molecule has 88 valence electrons. The minimum absolute atomic E-state index is 0.0185. The van der Waals surface area contributed by atoms with Crippen molar-refractivity contribution in [3.8, 4) is 0 Å². The topological polar surface area (TPSA) is 96.7 Å². The largest absolute Gasteiger partial charge is 0.366 e. The van der Waals surface area contributed by atoms with Crippen molar-refractivity contribution >= 4 is 11.5 Å². The molecular weight excluding hydrogens is 222 g/mol. The van der Waals surface area contributed by atoms with Crippen molar-refractivity contribution in [2.24, 2.45) is 0 Å². The number of aryl methyl sites for hydroxylation is 1. The van der Waals surface area contributed by atoms with Crippen LogP contribution in [0.2, 0.25) is 0 Å². The molecule has 7 heteroatoms. The molecule has 0 fully saturated rings. The van der Waals surface area contributed by atoms with Crippen LogP contribution in [0.15, 0.2) is 24.5 Å². The van der Waals surface area contributed by atoms with Crippen LogP contribution in [0, 0.1) is 17.0 Å². The molecule has 2 heterocycles. The van der Waals surface area contributed by atoms with Gasteiger partial charge in [-0.05, 0) is 13.0 Å². The van der Waals surface area contributed by atoms with Crippen molar-refractivity contribution < 1.29 is 4.92 Å². The van der Waals surface area contributed by atoms with Crippen LogP contribution in [-0.2, 0) is 6.54 Å². The van der Waals surface area contributed by atoms with Gasteiger partial charge in [0.15, 0.2) is 0 Å². The Morgan fingerprint density at radius 1 is 1.47 bits per heavy atom. The third-order valence-electron chi connectivity index (χ3n) is 2.35. The molecule has 2 aromatic heterocycles. The number of nitrogens with zero attached hydrogens (tertiary/aromatic N) is 3. The Labute approximate surface area is 97.0 Å². The molecule has 2 rings (SSSR count). The highest BCUT2D eigenvalue weighted by atomic mass is 16.6. The molecular formula is C10H11N5O2. The first-order valence-corrected chi connectivity index (χ1v) is 5.00. The highest BCUT2D eigenvalue weighted by Gasteiger charge is 2.05.